The summed E-state index contributed by atoms with van der Waals surface area (Å²) < 4.78 is 0. The summed E-state index contributed by atoms with van der Waals surface area (Å²) in [6.07, 6.45) is 2.06. The Morgan fingerprint density at radius 1 is 1.38 bits per heavy atom. The van der Waals surface area contributed by atoms with E-state index < -0.39 is 0 Å². The smallest absolute Gasteiger partial charge is 0.226 e. The van der Waals surface area contributed by atoms with Gasteiger partial charge in [-0.25, -0.2) is 4.98 Å². The Labute approximate surface area is 148 Å². The zero-order chi connectivity index (χ0) is 17.6. The van der Waals surface area contributed by atoms with E-state index in [1.807, 2.05) is 31.4 Å². The van der Waals surface area contributed by atoms with E-state index in [0.29, 0.717) is 13.0 Å². The highest BCUT2D eigenvalue weighted by Gasteiger charge is 2.15. The number of amides is 1. The minimum atomic E-state index is -0.0810. The highest BCUT2D eigenvalue weighted by atomic mass is 32.1. The number of carbonyl (C=O) groups excluding carboxylic acids is 1. The van der Waals surface area contributed by atoms with Crippen molar-refractivity contribution >= 4 is 17.2 Å². The van der Waals surface area contributed by atoms with E-state index in [2.05, 4.69) is 29.4 Å². The Morgan fingerprint density at radius 3 is 2.88 bits per heavy atom. The minimum absolute atomic E-state index is 0.00195. The van der Waals surface area contributed by atoms with Crippen LogP contribution in [0.5, 0.6) is 0 Å². The molecule has 5 heteroatoms. The molecule has 0 saturated heterocycles. The van der Waals surface area contributed by atoms with Gasteiger partial charge in [-0.2, -0.15) is 0 Å². The van der Waals surface area contributed by atoms with Gasteiger partial charge in [-0.15, -0.1) is 11.3 Å². The first-order chi connectivity index (χ1) is 11.4. The third-order valence-corrected chi connectivity index (χ3v) is 4.88. The molecule has 1 heterocycles. The number of aromatic nitrogens is 1. The largest absolute Gasteiger partial charge is 0.396 e. The summed E-state index contributed by atoms with van der Waals surface area (Å²) in [6.45, 7) is 6.91. The molecule has 0 aliphatic rings. The summed E-state index contributed by atoms with van der Waals surface area (Å²) in [6, 6.07) is 8.22. The fourth-order valence-electron chi connectivity index (χ4n) is 2.40. The lowest BCUT2D eigenvalue weighted by atomic mass is 9.89. The lowest BCUT2D eigenvalue weighted by Crippen LogP contribution is -2.27. The van der Waals surface area contributed by atoms with Crippen LogP contribution in [0.2, 0.25) is 0 Å². The van der Waals surface area contributed by atoms with Crippen molar-refractivity contribution in [3.8, 4) is 10.6 Å². The van der Waals surface area contributed by atoms with Crippen LogP contribution in [0, 0.1) is 12.3 Å². The van der Waals surface area contributed by atoms with Gasteiger partial charge in [0, 0.05) is 24.1 Å². The minimum Gasteiger partial charge on any atom is -0.396 e. The van der Waals surface area contributed by atoms with E-state index in [1.165, 1.54) is 5.56 Å². The molecule has 0 spiro atoms. The van der Waals surface area contributed by atoms with Gasteiger partial charge in [0.05, 0.1) is 12.1 Å². The van der Waals surface area contributed by atoms with E-state index in [4.69, 9.17) is 0 Å². The number of benzene rings is 1. The van der Waals surface area contributed by atoms with Crippen LogP contribution in [0.3, 0.4) is 0 Å². The Hall–Kier alpha value is -1.72. The van der Waals surface area contributed by atoms with Gasteiger partial charge < -0.3 is 10.4 Å². The second kappa shape index (κ2) is 8.40. The van der Waals surface area contributed by atoms with E-state index in [0.717, 1.165) is 29.1 Å². The van der Waals surface area contributed by atoms with Gasteiger partial charge in [-0.05, 0) is 31.2 Å². The first-order valence-electron chi connectivity index (χ1n) is 8.29. The monoisotopic (exact) mass is 346 g/mol. The fraction of sp³-hybridized carbons (Fsp3) is 0.474. The van der Waals surface area contributed by atoms with Gasteiger partial charge in [0.15, 0.2) is 0 Å². The van der Waals surface area contributed by atoms with Crippen LogP contribution in [-0.4, -0.2) is 29.1 Å². The van der Waals surface area contributed by atoms with Gasteiger partial charge in [0.25, 0.3) is 0 Å². The molecule has 130 valence electrons. The summed E-state index contributed by atoms with van der Waals surface area (Å²) in [7, 11) is 0. The molecule has 0 bridgehead atoms. The summed E-state index contributed by atoms with van der Waals surface area (Å²) >= 11 is 1.57. The van der Waals surface area contributed by atoms with Crippen molar-refractivity contribution in [3.63, 3.8) is 0 Å². The van der Waals surface area contributed by atoms with Crippen LogP contribution in [0.25, 0.3) is 10.6 Å². The predicted octanol–water partition coefficient (Wildman–Crippen LogP) is 3.58. The molecule has 0 aliphatic heterocycles. The van der Waals surface area contributed by atoms with Crippen molar-refractivity contribution in [2.45, 2.75) is 40.0 Å². The standard InChI is InChI=1S/C19H26N2O2S/c1-14-6-4-7-15(10-14)18-21-16(12-24-18)11-17(23)20-9-5-8-19(2,3)13-22/h4,6-7,10,12,22H,5,8-9,11,13H2,1-3H3,(H,20,23). The Bertz CT molecular complexity index is 680. The number of rotatable bonds is 8. The molecule has 0 fully saturated rings. The molecule has 2 rings (SSSR count). The summed E-state index contributed by atoms with van der Waals surface area (Å²) in [5.41, 5.74) is 3.03. The third kappa shape index (κ3) is 5.73. The van der Waals surface area contributed by atoms with Crippen LogP contribution in [0.4, 0.5) is 0 Å². The van der Waals surface area contributed by atoms with Crippen molar-refractivity contribution < 1.29 is 9.90 Å². The summed E-state index contributed by atoms with van der Waals surface area (Å²) in [5.74, 6) is -0.00195. The van der Waals surface area contributed by atoms with Crippen molar-refractivity contribution in [2.24, 2.45) is 5.41 Å². The van der Waals surface area contributed by atoms with Crippen molar-refractivity contribution in [3.05, 3.63) is 40.9 Å². The maximum atomic E-state index is 12.0. The van der Waals surface area contributed by atoms with Crippen LogP contribution in [0.1, 0.15) is 37.9 Å². The molecule has 4 nitrogen and oxygen atoms in total. The van der Waals surface area contributed by atoms with Crippen LogP contribution in [-0.2, 0) is 11.2 Å². The molecular formula is C19H26N2O2S. The number of nitrogens with zero attached hydrogens (tertiary/aromatic N) is 1. The average Bonchev–Trinajstić information content (AvgIpc) is 3.00. The van der Waals surface area contributed by atoms with E-state index in [9.17, 15) is 9.90 Å². The lowest BCUT2D eigenvalue weighted by Gasteiger charge is -2.21. The number of aryl methyl sites for hydroxylation is 1. The van der Waals surface area contributed by atoms with E-state index in [-0.39, 0.29) is 17.9 Å². The molecule has 1 amide bonds. The molecule has 0 radical (unpaired) electrons. The fourth-order valence-corrected chi connectivity index (χ4v) is 3.22. The molecule has 24 heavy (non-hydrogen) atoms. The number of thiazole rings is 1. The van der Waals surface area contributed by atoms with Gasteiger partial charge in [0.2, 0.25) is 5.91 Å². The van der Waals surface area contributed by atoms with Gasteiger partial charge in [-0.1, -0.05) is 37.6 Å². The molecule has 1 aromatic heterocycles. The summed E-state index contributed by atoms with van der Waals surface area (Å²) in [5, 5.41) is 15.0. The molecule has 2 aromatic rings. The number of aliphatic hydroxyl groups is 1. The van der Waals surface area contributed by atoms with Crippen LogP contribution < -0.4 is 5.32 Å². The lowest BCUT2D eigenvalue weighted by molar-refractivity contribution is -0.120. The average molecular weight is 346 g/mol. The third-order valence-electron chi connectivity index (χ3n) is 3.94. The number of hydrogen-bond acceptors (Lipinski definition) is 4. The van der Waals surface area contributed by atoms with Gasteiger partial charge >= 0.3 is 0 Å². The number of aliphatic hydroxyl groups excluding tert-OH is 1. The second-order valence-corrected chi connectivity index (χ2v) is 7.82. The zero-order valence-corrected chi connectivity index (χ0v) is 15.4. The Kier molecular flexibility index (Phi) is 6.52. The van der Waals surface area contributed by atoms with Crippen LogP contribution in [0.15, 0.2) is 29.6 Å². The molecule has 2 N–H and O–H groups in total. The van der Waals surface area contributed by atoms with Gasteiger partial charge in [0.1, 0.15) is 5.01 Å². The van der Waals surface area contributed by atoms with E-state index >= 15 is 0 Å². The predicted molar refractivity (Wildman–Crippen MR) is 99.1 cm³/mol. The molecule has 0 aliphatic carbocycles. The first-order valence-corrected chi connectivity index (χ1v) is 9.16. The second-order valence-electron chi connectivity index (χ2n) is 6.97. The van der Waals surface area contributed by atoms with Gasteiger partial charge in [-0.3, -0.25) is 4.79 Å². The SMILES string of the molecule is Cc1cccc(-c2nc(CC(=O)NCCCC(C)(C)CO)cs2)c1. The molecule has 0 atom stereocenters. The van der Waals surface area contributed by atoms with Crippen molar-refractivity contribution in [1.29, 1.82) is 0 Å². The molecule has 0 unspecified atom stereocenters. The maximum absolute atomic E-state index is 12.0. The highest BCUT2D eigenvalue weighted by molar-refractivity contribution is 7.13. The maximum Gasteiger partial charge on any atom is 0.226 e. The number of hydrogen-bond donors (Lipinski definition) is 2. The Balaban J connectivity index is 1.81. The molecular weight excluding hydrogens is 320 g/mol. The van der Waals surface area contributed by atoms with E-state index in [1.54, 1.807) is 11.3 Å². The zero-order valence-electron chi connectivity index (χ0n) is 14.6. The number of nitrogens with one attached hydrogen (secondary N) is 1. The number of carbonyl (C=O) groups is 1. The first kappa shape index (κ1) is 18.6. The normalized spacial score (nSPS) is 11.5. The molecule has 1 aromatic carbocycles. The topological polar surface area (TPSA) is 62.2 Å². The van der Waals surface area contributed by atoms with Crippen LogP contribution >= 0.6 is 11.3 Å². The quantitative estimate of drug-likeness (QED) is 0.718. The summed E-state index contributed by atoms with van der Waals surface area (Å²) in [4.78, 5) is 16.6. The van der Waals surface area contributed by atoms with Crippen molar-refractivity contribution in [2.75, 3.05) is 13.2 Å². The highest BCUT2D eigenvalue weighted by Crippen LogP contribution is 2.24. The molecule has 0 saturated carbocycles. The van der Waals surface area contributed by atoms with Crippen molar-refractivity contribution in [1.82, 2.24) is 10.3 Å². The Morgan fingerprint density at radius 2 is 2.17 bits per heavy atom.